The van der Waals surface area contributed by atoms with E-state index in [0.717, 1.165) is 12.8 Å². The highest BCUT2D eigenvalue weighted by molar-refractivity contribution is 6.30. The van der Waals surface area contributed by atoms with Crippen LogP contribution in [0.25, 0.3) is 0 Å². The van der Waals surface area contributed by atoms with E-state index in [1.54, 1.807) is 31.2 Å². The van der Waals surface area contributed by atoms with E-state index in [4.69, 9.17) is 16.3 Å². The molecule has 1 saturated carbocycles. The zero-order valence-electron chi connectivity index (χ0n) is 9.07. The van der Waals surface area contributed by atoms with Crippen molar-refractivity contribution in [1.82, 2.24) is 5.32 Å². The van der Waals surface area contributed by atoms with Crippen molar-refractivity contribution < 1.29 is 9.53 Å². The van der Waals surface area contributed by atoms with Gasteiger partial charge in [0.1, 0.15) is 5.75 Å². The minimum absolute atomic E-state index is 0.0672. The summed E-state index contributed by atoms with van der Waals surface area (Å²) in [5.41, 5.74) is 0. The molecule has 1 aliphatic rings. The van der Waals surface area contributed by atoms with Crippen LogP contribution in [0.4, 0.5) is 0 Å². The van der Waals surface area contributed by atoms with Gasteiger partial charge in [0.2, 0.25) is 0 Å². The summed E-state index contributed by atoms with van der Waals surface area (Å²) in [7, 11) is 0. The lowest BCUT2D eigenvalue weighted by Gasteiger charge is -2.14. The fourth-order valence-corrected chi connectivity index (χ4v) is 1.52. The summed E-state index contributed by atoms with van der Waals surface area (Å²) in [5.74, 6) is 0.549. The highest BCUT2D eigenvalue weighted by atomic mass is 35.5. The van der Waals surface area contributed by atoms with E-state index in [2.05, 4.69) is 5.32 Å². The van der Waals surface area contributed by atoms with Crippen LogP contribution in [0.5, 0.6) is 5.75 Å². The van der Waals surface area contributed by atoms with Gasteiger partial charge in [0.15, 0.2) is 6.10 Å². The van der Waals surface area contributed by atoms with E-state index in [9.17, 15) is 4.79 Å². The summed E-state index contributed by atoms with van der Waals surface area (Å²) in [4.78, 5) is 11.6. The zero-order valence-corrected chi connectivity index (χ0v) is 9.83. The average Bonchev–Trinajstić information content (AvgIpc) is 3.01. The Labute approximate surface area is 99.7 Å². The number of benzene rings is 1. The molecule has 2 rings (SSSR count). The topological polar surface area (TPSA) is 38.3 Å². The third kappa shape index (κ3) is 3.14. The van der Waals surface area contributed by atoms with Crippen molar-refractivity contribution in [3.05, 3.63) is 29.3 Å². The Morgan fingerprint density at radius 3 is 2.94 bits per heavy atom. The number of amides is 1. The number of ether oxygens (including phenoxy) is 1. The number of carbonyl (C=O) groups is 1. The standard InChI is InChI=1S/C12H14ClNO2/c1-8(12(15)14-10-5-6-10)16-11-4-2-3-9(13)7-11/h2-4,7-8,10H,5-6H2,1H3,(H,14,15). The molecule has 1 aliphatic carbocycles. The van der Waals surface area contributed by atoms with Gasteiger partial charge in [-0.3, -0.25) is 4.79 Å². The molecule has 0 saturated heterocycles. The van der Waals surface area contributed by atoms with Crippen LogP contribution in [-0.2, 0) is 4.79 Å². The summed E-state index contributed by atoms with van der Waals surface area (Å²) in [5, 5.41) is 3.50. The van der Waals surface area contributed by atoms with Crippen LogP contribution in [-0.4, -0.2) is 18.1 Å². The van der Waals surface area contributed by atoms with Gasteiger partial charge >= 0.3 is 0 Å². The highest BCUT2D eigenvalue weighted by Crippen LogP contribution is 2.20. The van der Waals surface area contributed by atoms with Gasteiger partial charge in [0, 0.05) is 11.1 Å². The first-order chi connectivity index (χ1) is 7.65. The van der Waals surface area contributed by atoms with E-state index in [1.165, 1.54) is 0 Å². The third-order valence-corrected chi connectivity index (χ3v) is 2.64. The lowest BCUT2D eigenvalue weighted by molar-refractivity contribution is -0.127. The average molecular weight is 240 g/mol. The van der Waals surface area contributed by atoms with Crippen LogP contribution in [0, 0.1) is 0 Å². The van der Waals surface area contributed by atoms with Gasteiger partial charge in [0.25, 0.3) is 5.91 Å². The van der Waals surface area contributed by atoms with Gasteiger partial charge < -0.3 is 10.1 Å². The van der Waals surface area contributed by atoms with Gasteiger partial charge in [0.05, 0.1) is 0 Å². The summed E-state index contributed by atoms with van der Waals surface area (Å²) < 4.78 is 5.49. The van der Waals surface area contributed by atoms with E-state index in [-0.39, 0.29) is 5.91 Å². The first-order valence-corrected chi connectivity index (χ1v) is 5.75. The Morgan fingerprint density at radius 2 is 2.31 bits per heavy atom. The summed E-state index contributed by atoms with van der Waals surface area (Å²) in [6.07, 6.45) is 1.67. The lowest BCUT2D eigenvalue weighted by atomic mass is 10.3. The molecule has 0 radical (unpaired) electrons. The van der Waals surface area contributed by atoms with Crippen LogP contribution in [0.1, 0.15) is 19.8 Å². The molecule has 1 aromatic rings. The monoisotopic (exact) mass is 239 g/mol. The summed E-state index contributed by atoms with van der Waals surface area (Å²) in [6.45, 7) is 1.73. The van der Waals surface area contributed by atoms with Crippen molar-refractivity contribution in [3.8, 4) is 5.75 Å². The largest absolute Gasteiger partial charge is 0.481 e. The Kier molecular flexibility index (Phi) is 3.34. The van der Waals surface area contributed by atoms with Gasteiger partial charge in [-0.1, -0.05) is 17.7 Å². The SMILES string of the molecule is CC(Oc1cccc(Cl)c1)C(=O)NC1CC1. The minimum atomic E-state index is -0.487. The van der Waals surface area contributed by atoms with Crippen LogP contribution < -0.4 is 10.1 Å². The Hall–Kier alpha value is -1.22. The molecule has 0 aromatic heterocycles. The quantitative estimate of drug-likeness (QED) is 0.876. The maximum Gasteiger partial charge on any atom is 0.260 e. The molecule has 1 amide bonds. The molecule has 0 aliphatic heterocycles. The highest BCUT2D eigenvalue weighted by Gasteiger charge is 2.26. The second-order valence-corrected chi connectivity index (χ2v) is 4.44. The molecule has 0 heterocycles. The van der Waals surface area contributed by atoms with Crippen LogP contribution in [0.15, 0.2) is 24.3 Å². The second kappa shape index (κ2) is 4.74. The molecule has 0 spiro atoms. The van der Waals surface area contributed by atoms with E-state index < -0.39 is 6.10 Å². The van der Waals surface area contributed by atoms with Crippen LogP contribution in [0.3, 0.4) is 0 Å². The van der Waals surface area contributed by atoms with Crippen molar-refractivity contribution in [1.29, 1.82) is 0 Å². The number of nitrogens with one attached hydrogen (secondary N) is 1. The maximum atomic E-state index is 11.6. The molecular weight excluding hydrogens is 226 g/mol. The first-order valence-electron chi connectivity index (χ1n) is 5.38. The zero-order chi connectivity index (χ0) is 11.5. The fraction of sp³-hybridized carbons (Fsp3) is 0.417. The van der Waals surface area contributed by atoms with Crippen LogP contribution in [0.2, 0.25) is 5.02 Å². The van der Waals surface area contributed by atoms with Crippen molar-refractivity contribution >= 4 is 17.5 Å². The number of hydrogen-bond acceptors (Lipinski definition) is 2. The van der Waals surface area contributed by atoms with Gasteiger partial charge in [-0.2, -0.15) is 0 Å². The summed E-state index contributed by atoms with van der Waals surface area (Å²) in [6, 6.07) is 7.40. The molecule has 16 heavy (non-hydrogen) atoms. The Bertz CT molecular complexity index is 390. The Morgan fingerprint density at radius 1 is 1.56 bits per heavy atom. The van der Waals surface area contributed by atoms with Crippen molar-refractivity contribution in [2.45, 2.75) is 31.9 Å². The predicted octanol–water partition coefficient (Wildman–Crippen LogP) is 2.39. The predicted molar refractivity (Wildman–Crippen MR) is 62.7 cm³/mol. The van der Waals surface area contributed by atoms with E-state index in [1.807, 2.05) is 0 Å². The van der Waals surface area contributed by atoms with E-state index in [0.29, 0.717) is 16.8 Å². The molecule has 1 unspecified atom stereocenters. The van der Waals surface area contributed by atoms with Gasteiger partial charge in [-0.05, 0) is 38.0 Å². The molecular formula is C12H14ClNO2. The molecule has 3 nitrogen and oxygen atoms in total. The van der Waals surface area contributed by atoms with E-state index >= 15 is 0 Å². The third-order valence-electron chi connectivity index (χ3n) is 2.40. The molecule has 1 atom stereocenters. The van der Waals surface area contributed by atoms with Crippen molar-refractivity contribution in [2.75, 3.05) is 0 Å². The van der Waals surface area contributed by atoms with Gasteiger partial charge in [-0.15, -0.1) is 0 Å². The molecule has 4 heteroatoms. The number of rotatable bonds is 4. The Balaban J connectivity index is 1.90. The lowest BCUT2D eigenvalue weighted by Crippen LogP contribution is -2.37. The normalized spacial score (nSPS) is 16.6. The number of halogens is 1. The molecule has 1 fully saturated rings. The van der Waals surface area contributed by atoms with Gasteiger partial charge in [-0.25, -0.2) is 0 Å². The fourth-order valence-electron chi connectivity index (χ4n) is 1.34. The van der Waals surface area contributed by atoms with Crippen molar-refractivity contribution in [3.63, 3.8) is 0 Å². The molecule has 0 bridgehead atoms. The first kappa shape index (κ1) is 11.3. The number of hydrogen-bond donors (Lipinski definition) is 1. The maximum absolute atomic E-state index is 11.6. The number of carbonyl (C=O) groups excluding carboxylic acids is 1. The molecule has 1 aromatic carbocycles. The summed E-state index contributed by atoms with van der Waals surface area (Å²) >= 11 is 5.82. The van der Waals surface area contributed by atoms with Crippen LogP contribution >= 0.6 is 11.6 Å². The molecule has 1 N–H and O–H groups in total. The smallest absolute Gasteiger partial charge is 0.260 e. The second-order valence-electron chi connectivity index (χ2n) is 4.00. The molecule has 86 valence electrons. The van der Waals surface area contributed by atoms with Crippen molar-refractivity contribution in [2.24, 2.45) is 0 Å². The minimum Gasteiger partial charge on any atom is -0.481 e.